The molecule has 0 amide bonds. The number of hydrogen-bond acceptors (Lipinski definition) is 5. The van der Waals surface area contributed by atoms with Crippen molar-refractivity contribution in [3.8, 4) is 11.5 Å². The number of phenolic OH excluding ortho intramolecular Hbond substituents is 2. The van der Waals surface area contributed by atoms with Gasteiger partial charge in [0.25, 0.3) is 5.78 Å². The Morgan fingerprint density at radius 1 is 0.727 bits per heavy atom. The van der Waals surface area contributed by atoms with Crippen LogP contribution in [0.2, 0.25) is 0 Å². The number of rotatable bonds is 2. The summed E-state index contributed by atoms with van der Waals surface area (Å²) in [5, 5.41) is 20.2. The largest absolute Gasteiger partial charge is 0.508 e. The fourth-order valence-corrected chi connectivity index (χ4v) is 2.41. The van der Waals surface area contributed by atoms with Crippen molar-refractivity contribution in [2.24, 2.45) is 0 Å². The van der Waals surface area contributed by atoms with E-state index in [4.69, 9.17) is 8.83 Å². The van der Waals surface area contributed by atoms with E-state index in [0.29, 0.717) is 21.9 Å². The van der Waals surface area contributed by atoms with Gasteiger partial charge in [0.15, 0.2) is 11.5 Å². The Labute approximate surface area is 124 Å². The van der Waals surface area contributed by atoms with Crippen LogP contribution in [-0.4, -0.2) is 16.0 Å². The van der Waals surface area contributed by atoms with Crippen molar-refractivity contribution in [3.63, 3.8) is 0 Å². The molecule has 0 spiro atoms. The molecule has 2 heterocycles. The van der Waals surface area contributed by atoms with E-state index in [-0.39, 0.29) is 23.0 Å². The lowest BCUT2D eigenvalue weighted by Gasteiger charge is -1.91. The van der Waals surface area contributed by atoms with E-state index >= 15 is 0 Å². The highest BCUT2D eigenvalue weighted by Gasteiger charge is 2.19. The van der Waals surface area contributed by atoms with Gasteiger partial charge in [-0.2, -0.15) is 0 Å². The summed E-state index contributed by atoms with van der Waals surface area (Å²) >= 11 is 0. The van der Waals surface area contributed by atoms with Gasteiger partial charge in [-0.25, -0.2) is 0 Å². The molecular formula is C17H10O5. The zero-order valence-corrected chi connectivity index (χ0v) is 11.2. The summed E-state index contributed by atoms with van der Waals surface area (Å²) in [6, 6.07) is 12.3. The lowest BCUT2D eigenvalue weighted by Crippen LogP contribution is -1.96. The summed E-state index contributed by atoms with van der Waals surface area (Å²) in [4.78, 5) is 12.4. The fraction of sp³-hybridized carbons (Fsp3) is 0. The van der Waals surface area contributed by atoms with E-state index in [1.807, 2.05) is 0 Å². The van der Waals surface area contributed by atoms with Gasteiger partial charge in [0, 0.05) is 10.8 Å². The topological polar surface area (TPSA) is 83.8 Å². The zero-order chi connectivity index (χ0) is 15.3. The third kappa shape index (κ3) is 1.91. The summed E-state index contributed by atoms with van der Waals surface area (Å²) in [5.41, 5.74) is 1.02. The van der Waals surface area contributed by atoms with Gasteiger partial charge >= 0.3 is 0 Å². The summed E-state index contributed by atoms with van der Waals surface area (Å²) < 4.78 is 11.0. The zero-order valence-electron chi connectivity index (χ0n) is 11.2. The van der Waals surface area contributed by atoms with Crippen LogP contribution in [0.15, 0.2) is 57.4 Å². The molecule has 108 valence electrons. The number of benzene rings is 2. The standard InChI is InChI=1S/C17H10O5/c18-11-1-3-13-9(5-11)7-15(21-13)17(20)16-8-10-6-12(19)2-4-14(10)22-16/h1-8,18-19H. The van der Waals surface area contributed by atoms with Crippen LogP contribution in [0.3, 0.4) is 0 Å². The van der Waals surface area contributed by atoms with E-state index in [1.165, 1.54) is 24.3 Å². The maximum Gasteiger partial charge on any atom is 0.263 e. The number of ketones is 1. The van der Waals surface area contributed by atoms with Gasteiger partial charge in [0.05, 0.1) is 0 Å². The lowest BCUT2D eigenvalue weighted by atomic mass is 10.2. The van der Waals surface area contributed by atoms with Crippen LogP contribution < -0.4 is 0 Å². The maximum absolute atomic E-state index is 12.4. The molecule has 5 nitrogen and oxygen atoms in total. The molecule has 4 aromatic rings. The van der Waals surface area contributed by atoms with Gasteiger partial charge in [0.2, 0.25) is 0 Å². The predicted molar refractivity (Wildman–Crippen MR) is 79.2 cm³/mol. The Balaban J connectivity index is 1.80. The Hall–Kier alpha value is -3.21. The summed E-state index contributed by atoms with van der Waals surface area (Å²) in [7, 11) is 0. The van der Waals surface area contributed by atoms with Crippen LogP contribution in [0.4, 0.5) is 0 Å². The normalized spacial score (nSPS) is 11.3. The monoisotopic (exact) mass is 294 g/mol. The van der Waals surface area contributed by atoms with E-state index < -0.39 is 5.78 Å². The molecule has 0 aliphatic heterocycles. The highest BCUT2D eigenvalue weighted by molar-refractivity contribution is 6.09. The van der Waals surface area contributed by atoms with Crippen molar-refractivity contribution in [3.05, 3.63) is 60.1 Å². The van der Waals surface area contributed by atoms with Gasteiger partial charge in [-0.15, -0.1) is 0 Å². The van der Waals surface area contributed by atoms with Gasteiger partial charge in [-0.3, -0.25) is 4.79 Å². The van der Waals surface area contributed by atoms with Crippen molar-refractivity contribution in [2.75, 3.05) is 0 Å². The average molecular weight is 294 g/mol. The van der Waals surface area contributed by atoms with Crippen LogP contribution in [-0.2, 0) is 0 Å². The fourth-order valence-electron chi connectivity index (χ4n) is 2.41. The molecule has 0 saturated carbocycles. The first-order valence-corrected chi connectivity index (χ1v) is 6.60. The Kier molecular flexibility index (Phi) is 2.50. The molecule has 0 bridgehead atoms. The molecule has 0 aliphatic carbocycles. The molecule has 2 aromatic heterocycles. The van der Waals surface area contributed by atoms with Gasteiger partial charge in [0.1, 0.15) is 22.7 Å². The maximum atomic E-state index is 12.4. The van der Waals surface area contributed by atoms with Crippen LogP contribution >= 0.6 is 0 Å². The number of hydrogen-bond donors (Lipinski definition) is 2. The molecule has 4 rings (SSSR count). The molecule has 0 atom stereocenters. The Morgan fingerprint density at radius 2 is 1.18 bits per heavy atom. The first kappa shape index (κ1) is 12.5. The van der Waals surface area contributed by atoms with Crippen LogP contribution in [0.5, 0.6) is 11.5 Å². The second-order valence-corrected chi connectivity index (χ2v) is 4.99. The predicted octanol–water partition coefficient (Wildman–Crippen LogP) is 3.82. The molecule has 0 unspecified atom stereocenters. The first-order valence-electron chi connectivity index (χ1n) is 6.60. The molecule has 2 aromatic carbocycles. The number of fused-ring (bicyclic) bond motifs is 2. The van der Waals surface area contributed by atoms with E-state index in [0.717, 1.165) is 0 Å². The van der Waals surface area contributed by atoms with Crippen molar-refractivity contribution in [1.82, 2.24) is 0 Å². The third-order valence-electron chi connectivity index (χ3n) is 3.45. The lowest BCUT2D eigenvalue weighted by molar-refractivity contribution is 0.0987. The molecule has 0 aliphatic rings. The van der Waals surface area contributed by atoms with Gasteiger partial charge in [-0.05, 0) is 48.5 Å². The van der Waals surface area contributed by atoms with Crippen molar-refractivity contribution in [2.45, 2.75) is 0 Å². The third-order valence-corrected chi connectivity index (χ3v) is 3.45. The quantitative estimate of drug-likeness (QED) is 0.549. The molecule has 0 radical (unpaired) electrons. The highest BCUT2D eigenvalue weighted by Crippen LogP contribution is 2.28. The number of carbonyl (C=O) groups is 1. The Bertz CT molecular complexity index is 940. The summed E-state index contributed by atoms with van der Waals surface area (Å²) in [6.07, 6.45) is 0. The van der Waals surface area contributed by atoms with E-state index in [2.05, 4.69) is 0 Å². The summed E-state index contributed by atoms with van der Waals surface area (Å²) in [5.74, 6) is 0.0668. The first-order chi connectivity index (χ1) is 10.6. The second-order valence-electron chi connectivity index (χ2n) is 4.99. The van der Waals surface area contributed by atoms with Gasteiger partial charge in [-0.1, -0.05) is 0 Å². The van der Waals surface area contributed by atoms with Crippen LogP contribution in [0, 0.1) is 0 Å². The van der Waals surface area contributed by atoms with Crippen LogP contribution in [0.1, 0.15) is 16.3 Å². The minimum atomic E-state index is -0.397. The molecular weight excluding hydrogens is 284 g/mol. The number of carbonyl (C=O) groups excluding carboxylic acids is 1. The molecule has 5 heteroatoms. The molecule has 0 saturated heterocycles. The molecule has 0 fully saturated rings. The second kappa shape index (κ2) is 4.39. The van der Waals surface area contributed by atoms with Gasteiger partial charge < -0.3 is 19.0 Å². The van der Waals surface area contributed by atoms with E-state index in [9.17, 15) is 15.0 Å². The smallest absolute Gasteiger partial charge is 0.263 e. The molecule has 22 heavy (non-hydrogen) atoms. The molecule has 2 N–H and O–H groups in total. The number of phenols is 2. The minimum absolute atomic E-state index is 0.103. The van der Waals surface area contributed by atoms with Crippen LogP contribution in [0.25, 0.3) is 21.9 Å². The Morgan fingerprint density at radius 3 is 1.64 bits per heavy atom. The van der Waals surface area contributed by atoms with Crippen molar-refractivity contribution in [1.29, 1.82) is 0 Å². The number of furan rings is 2. The summed E-state index contributed by atoms with van der Waals surface area (Å²) in [6.45, 7) is 0. The minimum Gasteiger partial charge on any atom is -0.508 e. The van der Waals surface area contributed by atoms with E-state index in [1.54, 1.807) is 24.3 Å². The SMILES string of the molecule is O=C(c1cc2cc(O)ccc2o1)c1cc2cc(O)ccc2o1. The van der Waals surface area contributed by atoms with Crippen molar-refractivity contribution >= 4 is 27.7 Å². The van der Waals surface area contributed by atoms with Crippen molar-refractivity contribution < 1.29 is 23.8 Å². The number of aromatic hydroxyl groups is 2. The highest BCUT2D eigenvalue weighted by atomic mass is 16.4. The average Bonchev–Trinajstić information content (AvgIpc) is 3.08.